The van der Waals surface area contributed by atoms with Gasteiger partial charge in [-0.1, -0.05) is 37.3 Å². The van der Waals surface area contributed by atoms with Crippen molar-refractivity contribution in [3.05, 3.63) is 82.0 Å². The predicted octanol–water partition coefficient (Wildman–Crippen LogP) is 4.61. The van der Waals surface area contributed by atoms with Crippen molar-refractivity contribution in [1.82, 2.24) is 15.5 Å². The molecule has 0 aliphatic carbocycles. The molecule has 0 fully saturated rings. The highest BCUT2D eigenvalue weighted by molar-refractivity contribution is 7.12. The summed E-state index contributed by atoms with van der Waals surface area (Å²) in [7, 11) is 3.16. The third-order valence-corrected chi connectivity index (χ3v) is 7.45. The quantitative estimate of drug-likeness (QED) is 0.323. The maximum atomic E-state index is 13.8. The highest BCUT2D eigenvalue weighted by atomic mass is 32.1. The number of nitrogens with zero attached hydrogens (tertiary/aromatic N) is 1. The van der Waals surface area contributed by atoms with Crippen molar-refractivity contribution in [1.29, 1.82) is 0 Å². The number of benzene rings is 2. The third kappa shape index (κ3) is 8.32. The number of carbonyl (C=O) groups is 3. The number of carbonyl (C=O) groups excluding carboxylic acids is 3. The molecule has 0 unspecified atom stereocenters. The second-order valence-electron chi connectivity index (χ2n) is 9.75. The zero-order valence-corrected chi connectivity index (χ0v) is 24.0. The van der Waals surface area contributed by atoms with Crippen LogP contribution in [0.5, 0.6) is 11.5 Å². The zero-order valence-electron chi connectivity index (χ0n) is 23.2. The fourth-order valence-corrected chi connectivity index (χ4v) is 4.61. The Morgan fingerprint density at radius 1 is 0.974 bits per heavy atom. The smallest absolute Gasteiger partial charge is 0.261 e. The van der Waals surface area contributed by atoms with Gasteiger partial charge in [0.15, 0.2) is 0 Å². The van der Waals surface area contributed by atoms with Crippen LogP contribution in [0.25, 0.3) is 0 Å². The molecule has 0 aliphatic heterocycles. The van der Waals surface area contributed by atoms with E-state index in [0.29, 0.717) is 29.0 Å². The first-order chi connectivity index (χ1) is 18.7. The van der Waals surface area contributed by atoms with Gasteiger partial charge in [0.2, 0.25) is 11.8 Å². The van der Waals surface area contributed by atoms with Crippen LogP contribution in [-0.4, -0.2) is 55.5 Å². The Kier molecular flexibility index (Phi) is 10.5. The van der Waals surface area contributed by atoms with Crippen molar-refractivity contribution < 1.29 is 23.9 Å². The number of nitrogens with one attached hydrogen (secondary N) is 2. The molecule has 2 aromatic carbocycles. The molecule has 0 saturated heterocycles. The highest BCUT2D eigenvalue weighted by Gasteiger charge is 2.34. The van der Waals surface area contributed by atoms with E-state index in [2.05, 4.69) is 10.6 Å². The topological polar surface area (TPSA) is 97.0 Å². The van der Waals surface area contributed by atoms with E-state index in [1.807, 2.05) is 51.1 Å². The van der Waals surface area contributed by atoms with Gasteiger partial charge in [-0.05, 0) is 73.5 Å². The van der Waals surface area contributed by atoms with E-state index in [-0.39, 0.29) is 30.8 Å². The van der Waals surface area contributed by atoms with Crippen molar-refractivity contribution in [3.63, 3.8) is 0 Å². The number of hydrogen-bond acceptors (Lipinski definition) is 6. The average molecular weight is 552 g/mol. The summed E-state index contributed by atoms with van der Waals surface area (Å²) >= 11 is 1.30. The summed E-state index contributed by atoms with van der Waals surface area (Å²) in [5.74, 6) is 0.309. The Morgan fingerprint density at radius 2 is 1.69 bits per heavy atom. The first-order valence-corrected chi connectivity index (χ1v) is 13.8. The van der Waals surface area contributed by atoms with Gasteiger partial charge in [0.05, 0.1) is 25.6 Å². The Labute approximate surface area is 234 Å². The Hall–Kier alpha value is -3.85. The van der Waals surface area contributed by atoms with Crippen LogP contribution in [0.15, 0.2) is 66.0 Å². The van der Waals surface area contributed by atoms with E-state index < -0.39 is 11.6 Å². The molecule has 1 heterocycles. The normalized spacial score (nSPS) is 11.8. The van der Waals surface area contributed by atoms with Crippen LogP contribution in [0.4, 0.5) is 0 Å². The van der Waals surface area contributed by atoms with Crippen LogP contribution in [0.3, 0.4) is 0 Å². The molecule has 1 aromatic heterocycles. The number of rotatable bonds is 13. The second kappa shape index (κ2) is 13.8. The van der Waals surface area contributed by atoms with Crippen molar-refractivity contribution in [2.75, 3.05) is 27.3 Å². The van der Waals surface area contributed by atoms with E-state index in [0.717, 1.165) is 11.3 Å². The van der Waals surface area contributed by atoms with E-state index in [9.17, 15) is 14.4 Å². The maximum absolute atomic E-state index is 13.8. The third-order valence-electron chi connectivity index (χ3n) is 6.58. The van der Waals surface area contributed by atoms with Crippen LogP contribution in [0.1, 0.15) is 54.0 Å². The van der Waals surface area contributed by atoms with Crippen LogP contribution in [0.2, 0.25) is 0 Å². The summed E-state index contributed by atoms with van der Waals surface area (Å²) in [6, 6.07) is 17.3. The first kappa shape index (κ1) is 29.7. The van der Waals surface area contributed by atoms with Gasteiger partial charge in [0.1, 0.15) is 17.5 Å². The Bertz CT molecular complexity index is 1240. The fraction of sp³-hybridized carbons (Fsp3) is 0.367. The van der Waals surface area contributed by atoms with Crippen molar-refractivity contribution >= 4 is 29.1 Å². The average Bonchev–Trinajstić information content (AvgIpc) is 3.49. The summed E-state index contributed by atoms with van der Waals surface area (Å²) in [5, 5.41) is 7.62. The molecular formula is C30H37N3O5S. The minimum atomic E-state index is -0.935. The molecule has 0 spiro atoms. The molecule has 3 rings (SSSR count). The molecule has 39 heavy (non-hydrogen) atoms. The summed E-state index contributed by atoms with van der Waals surface area (Å²) in [5.41, 5.74) is 1.12. The Balaban J connectivity index is 1.95. The van der Waals surface area contributed by atoms with Crippen LogP contribution < -0.4 is 20.1 Å². The summed E-state index contributed by atoms with van der Waals surface area (Å²) < 4.78 is 10.7. The van der Waals surface area contributed by atoms with Gasteiger partial charge in [-0.15, -0.1) is 11.3 Å². The van der Waals surface area contributed by atoms with Gasteiger partial charge in [-0.3, -0.25) is 14.4 Å². The maximum Gasteiger partial charge on any atom is 0.261 e. The largest absolute Gasteiger partial charge is 0.497 e. The van der Waals surface area contributed by atoms with Gasteiger partial charge in [0, 0.05) is 12.1 Å². The van der Waals surface area contributed by atoms with Gasteiger partial charge >= 0.3 is 0 Å². The minimum Gasteiger partial charge on any atom is -0.497 e. The van der Waals surface area contributed by atoms with Crippen molar-refractivity contribution in [3.8, 4) is 11.5 Å². The molecule has 0 aliphatic rings. The number of hydrogen-bond donors (Lipinski definition) is 2. The minimum absolute atomic E-state index is 0.246. The monoisotopic (exact) mass is 551 g/mol. The standard InChI is InChI=1S/C30H37N3O5S/c1-6-30(2,3)32-29(36)27(22-9-7-10-24(19-22)38-5)33(17-16-21-12-14-23(37-4)15-13-21)26(34)20-31-28(35)25-11-8-18-39-25/h7-15,18-19,27H,6,16-17,20H2,1-5H3,(H,31,35)(H,32,36)/t27-/m0/s1. The molecular weight excluding hydrogens is 514 g/mol. The summed E-state index contributed by atoms with van der Waals surface area (Å²) in [4.78, 5) is 42.2. The van der Waals surface area contributed by atoms with E-state index in [1.54, 1.807) is 49.9 Å². The Morgan fingerprint density at radius 3 is 2.31 bits per heavy atom. The lowest BCUT2D eigenvalue weighted by atomic mass is 9.98. The molecule has 2 N–H and O–H groups in total. The van der Waals surface area contributed by atoms with E-state index in [4.69, 9.17) is 9.47 Å². The molecule has 8 nitrogen and oxygen atoms in total. The number of amides is 3. The number of methoxy groups -OCH3 is 2. The van der Waals surface area contributed by atoms with Gasteiger partial charge < -0.3 is 25.0 Å². The van der Waals surface area contributed by atoms with E-state index >= 15 is 0 Å². The fourth-order valence-electron chi connectivity index (χ4n) is 3.97. The van der Waals surface area contributed by atoms with Gasteiger partial charge in [-0.25, -0.2) is 0 Å². The molecule has 208 valence electrons. The zero-order chi connectivity index (χ0) is 28.4. The van der Waals surface area contributed by atoms with Crippen LogP contribution >= 0.6 is 11.3 Å². The summed E-state index contributed by atoms with van der Waals surface area (Å²) in [6.07, 6.45) is 1.21. The molecule has 1 atom stereocenters. The molecule has 9 heteroatoms. The van der Waals surface area contributed by atoms with Crippen molar-refractivity contribution in [2.24, 2.45) is 0 Å². The lowest BCUT2D eigenvalue weighted by Crippen LogP contribution is -2.52. The van der Waals surface area contributed by atoms with Crippen LogP contribution in [-0.2, 0) is 16.0 Å². The number of ether oxygens (including phenoxy) is 2. The van der Waals surface area contributed by atoms with Gasteiger partial charge in [0.25, 0.3) is 5.91 Å². The lowest BCUT2D eigenvalue weighted by molar-refractivity contribution is -0.140. The highest BCUT2D eigenvalue weighted by Crippen LogP contribution is 2.27. The van der Waals surface area contributed by atoms with Crippen molar-refractivity contribution in [2.45, 2.75) is 45.2 Å². The predicted molar refractivity (Wildman–Crippen MR) is 153 cm³/mol. The number of thiophene rings is 1. The van der Waals surface area contributed by atoms with Crippen LogP contribution in [0, 0.1) is 0 Å². The summed E-state index contributed by atoms with van der Waals surface area (Å²) in [6.45, 7) is 5.89. The van der Waals surface area contributed by atoms with E-state index in [1.165, 1.54) is 16.2 Å². The SMILES string of the molecule is CCC(C)(C)NC(=O)[C@H](c1cccc(OC)c1)N(CCc1ccc(OC)cc1)C(=O)CNC(=O)c1cccs1. The molecule has 3 amide bonds. The second-order valence-corrected chi connectivity index (χ2v) is 10.7. The van der Waals surface area contributed by atoms with Gasteiger partial charge in [-0.2, -0.15) is 0 Å². The molecule has 3 aromatic rings. The molecule has 0 bridgehead atoms. The molecule has 0 radical (unpaired) electrons. The first-order valence-electron chi connectivity index (χ1n) is 12.9. The lowest BCUT2D eigenvalue weighted by Gasteiger charge is -2.35. The molecule has 0 saturated carbocycles.